The highest BCUT2D eigenvalue weighted by Gasteiger charge is 2.07. The van der Waals surface area contributed by atoms with Gasteiger partial charge in [0.05, 0.1) is 5.52 Å². The summed E-state index contributed by atoms with van der Waals surface area (Å²) in [5.74, 6) is 0.751. The topological polar surface area (TPSA) is 79.6 Å². The van der Waals surface area contributed by atoms with Gasteiger partial charge in [0.25, 0.3) is 0 Å². The molecule has 2 aromatic carbocycles. The summed E-state index contributed by atoms with van der Waals surface area (Å²) in [6.45, 7) is 0. The molecule has 0 bridgehead atoms. The average molecular weight is 275 g/mol. The molecule has 4 rings (SSSR count). The SMILES string of the molecule is Nc1ccc2ncnc(Nc3cccc4[nH]ccc34)c2c1. The molecular formula is C16H13N5. The van der Waals surface area contributed by atoms with Crippen molar-refractivity contribution in [1.29, 1.82) is 0 Å². The van der Waals surface area contributed by atoms with Gasteiger partial charge in [-0.25, -0.2) is 9.97 Å². The van der Waals surface area contributed by atoms with Gasteiger partial charge < -0.3 is 16.0 Å². The zero-order chi connectivity index (χ0) is 14.2. The maximum absolute atomic E-state index is 5.87. The Hall–Kier alpha value is -3.08. The molecule has 0 aliphatic rings. The first-order valence-electron chi connectivity index (χ1n) is 6.65. The van der Waals surface area contributed by atoms with Gasteiger partial charge in [-0.1, -0.05) is 6.07 Å². The number of nitrogen functional groups attached to an aromatic ring is 1. The third-order valence-electron chi connectivity index (χ3n) is 3.51. The molecule has 0 amide bonds. The van der Waals surface area contributed by atoms with Crippen molar-refractivity contribution in [1.82, 2.24) is 15.0 Å². The highest BCUT2D eigenvalue weighted by atomic mass is 15.0. The van der Waals surface area contributed by atoms with Gasteiger partial charge in [0.2, 0.25) is 0 Å². The Bertz CT molecular complexity index is 942. The van der Waals surface area contributed by atoms with Crippen molar-refractivity contribution >= 4 is 39.0 Å². The molecule has 0 spiro atoms. The molecular weight excluding hydrogens is 262 g/mol. The maximum Gasteiger partial charge on any atom is 0.141 e. The number of hydrogen-bond acceptors (Lipinski definition) is 4. The number of anilines is 3. The van der Waals surface area contributed by atoms with E-state index >= 15 is 0 Å². The first kappa shape index (κ1) is 11.7. The van der Waals surface area contributed by atoms with Crippen LogP contribution in [0.4, 0.5) is 17.2 Å². The van der Waals surface area contributed by atoms with Crippen LogP contribution >= 0.6 is 0 Å². The molecule has 21 heavy (non-hydrogen) atoms. The predicted molar refractivity (Wildman–Crippen MR) is 85.5 cm³/mol. The second-order valence-corrected chi connectivity index (χ2v) is 4.87. The zero-order valence-electron chi connectivity index (χ0n) is 11.2. The summed E-state index contributed by atoms with van der Waals surface area (Å²) in [7, 11) is 0. The van der Waals surface area contributed by atoms with Crippen molar-refractivity contribution in [3.05, 3.63) is 55.0 Å². The van der Waals surface area contributed by atoms with Crippen LogP contribution in [0, 0.1) is 0 Å². The van der Waals surface area contributed by atoms with Crippen LogP contribution in [0.15, 0.2) is 55.0 Å². The molecule has 0 saturated carbocycles. The van der Waals surface area contributed by atoms with Crippen molar-refractivity contribution in [2.24, 2.45) is 0 Å². The summed E-state index contributed by atoms with van der Waals surface area (Å²) >= 11 is 0. The zero-order valence-corrected chi connectivity index (χ0v) is 11.2. The van der Waals surface area contributed by atoms with Gasteiger partial charge in [0.15, 0.2) is 0 Å². The van der Waals surface area contributed by atoms with E-state index in [0.29, 0.717) is 5.69 Å². The van der Waals surface area contributed by atoms with E-state index in [1.165, 1.54) is 0 Å². The summed E-state index contributed by atoms with van der Waals surface area (Å²) < 4.78 is 0. The van der Waals surface area contributed by atoms with Crippen molar-refractivity contribution in [2.75, 3.05) is 11.1 Å². The number of nitrogens with two attached hydrogens (primary N) is 1. The van der Waals surface area contributed by atoms with Gasteiger partial charge in [-0.3, -0.25) is 0 Å². The molecule has 5 nitrogen and oxygen atoms in total. The van der Waals surface area contributed by atoms with Crippen LogP contribution < -0.4 is 11.1 Å². The number of rotatable bonds is 2. The smallest absolute Gasteiger partial charge is 0.141 e. The molecule has 2 heterocycles. The highest BCUT2D eigenvalue weighted by Crippen LogP contribution is 2.28. The molecule has 0 atom stereocenters. The Morgan fingerprint density at radius 2 is 1.95 bits per heavy atom. The van der Waals surface area contributed by atoms with Crippen LogP contribution in [-0.4, -0.2) is 15.0 Å². The lowest BCUT2D eigenvalue weighted by Gasteiger charge is -2.09. The Labute approximate surface area is 120 Å². The van der Waals surface area contributed by atoms with Crippen LogP contribution in [0.3, 0.4) is 0 Å². The van der Waals surface area contributed by atoms with E-state index in [4.69, 9.17) is 5.73 Å². The van der Waals surface area contributed by atoms with Gasteiger partial charge >= 0.3 is 0 Å². The largest absolute Gasteiger partial charge is 0.399 e. The van der Waals surface area contributed by atoms with Gasteiger partial charge in [0, 0.05) is 33.9 Å². The van der Waals surface area contributed by atoms with Crippen molar-refractivity contribution in [2.45, 2.75) is 0 Å². The first-order valence-corrected chi connectivity index (χ1v) is 6.65. The monoisotopic (exact) mass is 275 g/mol. The number of benzene rings is 2. The molecule has 102 valence electrons. The lowest BCUT2D eigenvalue weighted by Crippen LogP contribution is -1.97. The summed E-state index contributed by atoms with van der Waals surface area (Å²) in [4.78, 5) is 11.8. The summed E-state index contributed by atoms with van der Waals surface area (Å²) in [6.07, 6.45) is 3.48. The van der Waals surface area contributed by atoms with E-state index in [1.54, 1.807) is 6.33 Å². The molecule has 5 heteroatoms. The normalized spacial score (nSPS) is 11.0. The Kier molecular flexibility index (Phi) is 2.50. The van der Waals surface area contributed by atoms with Gasteiger partial charge in [-0.05, 0) is 36.4 Å². The fraction of sp³-hybridized carbons (Fsp3) is 0. The van der Waals surface area contributed by atoms with Crippen molar-refractivity contribution in [3.8, 4) is 0 Å². The fourth-order valence-electron chi connectivity index (χ4n) is 2.50. The Morgan fingerprint density at radius 3 is 2.90 bits per heavy atom. The first-order chi connectivity index (χ1) is 10.3. The third kappa shape index (κ3) is 1.95. The molecule has 0 fully saturated rings. The lowest BCUT2D eigenvalue weighted by atomic mass is 10.2. The summed E-state index contributed by atoms with van der Waals surface area (Å²) in [5.41, 5.74) is 9.51. The molecule has 4 N–H and O–H groups in total. The number of fused-ring (bicyclic) bond motifs is 2. The quantitative estimate of drug-likeness (QED) is 0.490. The van der Waals surface area contributed by atoms with Crippen LogP contribution in [0.1, 0.15) is 0 Å². The number of nitrogens with one attached hydrogen (secondary N) is 2. The van der Waals surface area contributed by atoms with Gasteiger partial charge in [0.1, 0.15) is 12.1 Å². The molecule has 2 aromatic heterocycles. The molecule has 0 radical (unpaired) electrons. The van der Waals surface area contributed by atoms with E-state index in [-0.39, 0.29) is 0 Å². The van der Waals surface area contributed by atoms with Crippen LogP contribution in [-0.2, 0) is 0 Å². The van der Waals surface area contributed by atoms with Crippen molar-refractivity contribution < 1.29 is 0 Å². The lowest BCUT2D eigenvalue weighted by molar-refractivity contribution is 1.22. The minimum Gasteiger partial charge on any atom is -0.399 e. The van der Waals surface area contributed by atoms with E-state index in [0.717, 1.165) is 33.3 Å². The number of hydrogen-bond donors (Lipinski definition) is 3. The van der Waals surface area contributed by atoms with Gasteiger partial charge in [-0.15, -0.1) is 0 Å². The second kappa shape index (κ2) is 4.49. The van der Waals surface area contributed by atoms with E-state index in [2.05, 4.69) is 20.3 Å². The summed E-state index contributed by atoms with van der Waals surface area (Å²) in [6, 6.07) is 13.7. The van der Waals surface area contributed by atoms with Crippen LogP contribution in [0.25, 0.3) is 21.8 Å². The van der Waals surface area contributed by atoms with E-state index < -0.39 is 0 Å². The van der Waals surface area contributed by atoms with Crippen LogP contribution in [0.2, 0.25) is 0 Å². The third-order valence-corrected chi connectivity index (χ3v) is 3.51. The second-order valence-electron chi connectivity index (χ2n) is 4.87. The number of nitrogens with zero attached hydrogens (tertiary/aromatic N) is 2. The maximum atomic E-state index is 5.87. The highest BCUT2D eigenvalue weighted by molar-refractivity contribution is 5.98. The average Bonchev–Trinajstić information content (AvgIpc) is 2.97. The van der Waals surface area contributed by atoms with E-state index in [1.807, 2.05) is 48.7 Å². The predicted octanol–water partition coefficient (Wildman–Crippen LogP) is 3.44. The number of aromatic nitrogens is 3. The van der Waals surface area contributed by atoms with Crippen molar-refractivity contribution in [3.63, 3.8) is 0 Å². The minimum atomic E-state index is 0.695. The van der Waals surface area contributed by atoms with E-state index in [9.17, 15) is 0 Å². The standard InChI is InChI=1S/C16H13N5/c17-10-4-5-14-12(8-10)16(20-9-19-14)21-15-3-1-2-13-11(15)6-7-18-13/h1-9,18H,17H2,(H,19,20,21). The Morgan fingerprint density at radius 1 is 1.00 bits per heavy atom. The Balaban J connectivity index is 1.88. The molecule has 0 unspecified atom stereocenters. The molecule has 0 aliphatic carbocycles. The minimum absolute atomic E-state index is 0.695. The van der Waals surface area contributed by atoms with Crippen LogP contribution in [0.5, 0.6) is 0 Å². The summed E-state index contributed by atoms with van der Waals surface area (Å²) in [5, 5.41) is 5.40. The molecule has 0 aliphatic heterocycles. The molecule has 0 saturated heterocycles. The number of H-pyrrole nitrogens is 1. The fourth-order valence-corrected chi connectivity index (χ4v) is 2.50. The number of aromatic amines is 1. The van der Waals surface area contributed by atoms with Gasteiger partial charge in [-0.2, -0.15) is 0 Å². The molecule has 4 aromatic rings.